The molecule has 27 heavy (non-hydrogen) atoms. The van der Waals surface area contributed by atoms with Gasteiger partial charge >= 0.3 is 0 Å². The highest BCUT2D eigenvalue weighted by Crippen LogP contribution is 2.38. The molecule has 0 radical (unpaired) electrons. The van der Waals surface area contributed by atoms with Crippen LogP contribution in [0.4, 0.5) is 0 Å². The largest absolute Gasteiger partial charge is 0.497 e. The molecule has 1 aromatic carbocycles. The second kappa shape index (κ2) is 8.66. The molecular weight excluding hydrogens is 342 g/mol. The van der Waals surface area contributed by atoms with Crippen LogP contribution < -0.4 is 10.1 Å². The molecule has 0 bridgehead atoms. The number of pyridine rings is 1. The average molecular weight is 367 g/mol. The predicted molar refractivity (Wildman–Crippen MR) is 102 cm³/mol. The van der Waals surface area contributed by atoms with E-state index in [-0.39, 0.29) is 24.3 Å². The highest BCUT2D eigenvalue weighted by atomic mass is 16.5. The van der Waals surface area contributed by atoms with Crippen LogP contribution >= 0.6 is 0 Å². The molecule has 0 aliphatic carbocycles. The van der Waals surface area contributed by atoms with Gasteiger partial charge in [0.25, 0.3) is 0 Å². The van der Waals surface area contributed by atoms with Gasteiger partial charge in [0.15, 0.2) is 0 Å². The first kappa shape index (κ1) is 18.9. The minimum Gasteiger partial charge on any atom is -0.497 e. The van der Waals surface area contributed by atoms with Gasteiger partial charge in [-0.3, -0.25) is 14.6 Å². The standard InChI is InChI=1S/C21H25N3O3/c1-3-24-19(25)14-18(20(24)15-7-9-17(27-2)10-8-15)21(26)23-13-11-16-6-4-5-12-22-16/h4-10,12,18,20H,3,11,13-14H2,1-2H3,(H,23,26)/t18-,20+/m1/s1. The molecular formula is C21H25N3O3. The van der Waals surface area contributed by atoms with Crippen molar-refractivity contribution in [1.82, 2.24) is 15.2 Å². The summed E-state index contributed by atoms with van der Waals surface area (Å²) in [5.41, 5.74) is 1.88. The normalized spacial score (nSPS) is 19.2. The molecule has 1 aromatic heterocycles. The third-order valence-electron chi connectivity index (χ3n) is 4.97. The van der Waals surface area contributed by atoms with Crippen molar-refractivity contribution in [2.75, 3.05) is 20.2 Å². The molecule has 1 saturated heterocycles. The third-order valence-corrected chi connectivity index (χ3v) is 4.97. The van der Waals surface area contributed by atoms with Gasteiger partial charge in [-0.05, 0) is 36.8 Å². The number of hydrogen-bond acceptors (Lipinski definition) is 4. The number of nitrogens with zero attached hydrogens (tertiary/aromatic N) is 2. The first-order valence-electron chi connectivity index (χ1n) is 9.25. The Morgan fingerprint density at radius 2 is 2.04 bits per heavy atom. The van der Waals surface area contributed by atoms with E-state index >= 15 is 0 Å². The summed E-state index contributed by atoms with van der Waals surface area (Å²) in [5.74, 6) is 0.288. The molecule has 3 rings (SSSR count). The molecule has 0 spiro atoms. The average Bonchev–Trinajstić information content (AvgIpc) is 3.05. The third kappa shape index (κ3) is 4.27. The van der Waals surface area contributed by atoms with Crippen LogP contribution in [0.1, 0.15) is 30.6 Å². The summed E-state index contributed by atoms with van der Waals surface area (Å²) in [6.45, 7) is 3.02. The van der Waals surface area contributed by atoms with Gasteiger partial charge in [0.05, 0.1) is 19.1 Å². The maximum atomic E-state index is 12.8. The fourth-order valence-corrected chi connectivity index (χ4v) is 3.60. The molecule has 1 fully saturated rings. The predicted octanol–water partition coefficient (Wildman–Crippen LogP) is 2.36. The Kier molecular flexibility index (Phi) is 6.06. The van der Waals surface area contributed by atoms with E-state index in [1.807, 2.05) is 49.4 Å². The zero-order valence-corrected chi connectivity index (χ0v) is 15.7. The molecule has 0 saturated carbocycles. The van der Waals surface area contributed by atoms with Gasteiger partial charge in [-0.1, -0.05) is 18.2 Å². The van der Waals surface area contributed by atoms with Gasteiger partial charge in [0, 0.05) is 37.8 Å². The number of amides is 2. The fourth-order valence-electron chi connectivity index (χ4n) is 3.60. The van der Waals surface area contributed by atoms with Crippen LogP contribution in [0.25, 0.3) is 0 Å². The number of carbonyl (C=O) groups excluding carboxylic acids is 2. The maximum Gasteiger partial charge on any atom is 0.226 e. The number of hydrogen-bond donors (Lipinski definition) is 1. The second-order valence-corrected chi connectivity index (χ2v) is 6.57. The zero-order valence-electron chi connectivity index (χ0n) is 15.7. The Morgan fingerprint density at radius 3 is 2.67 bits per heavy atom. The van der Waals surface area contributed by atoms with Crippen molar-refractivity contribution in [3.05, 3.63) is 59.9 Å². The van der Waals surface area contributed by atoms with E-state index in [1.54, 1.807) is 18.2 Å². The van der Waals surface area contributed by atoms with E-state index < -0.39 is 5.92 Å². The van der Waals surface area contributed by atoms with Crippen LogP contribution in [0, 0.1) is 5.92 Å². The summed E-state index contributed by atoms with van der Waals surface area (Å²) in [6.07, 6.45) is 2.64. The second-order valence-electron chi connectivity index (χ2n) is 6.57. The molecule has 1 aliphatic heterocycles. The Morgan fingerprint density at radius 1 is 1.26 bits per heavy atom. The molecule has 2 amide bonds. The molecule has 1 aliphatic rings. The number of likely N-dealkylation sites (tertiary alicyclic amines) is 1. The van der Waals surface area contributed by atoms with E-state index in [2.05, 4.69) is 10.3 Å². The first-order valence-corrected chi connectivity index (χ1v) is 9.25. The quantitative estimate of drug-likeness (QED) is 0.815. The summed E-state index contributed by atoms with van der Waals surface area (Å²) in [4.78, 5) is 31.3. The lowest BCUT2D eigenvalue weighted by atomic mass is 9.92. The van der Waals surface area contributed by atoms with Crippen molar-refractivity contribution in [2.24, 2.45) is 5.92 Å². The number of carbonyl (C=O) groups is 2. The van der Waals surface area contributed by atoms with Gasteiger partial charge in [0.2, 0.25) is 11.8 Å². The Balaban J connectivity index is 1.70. The lowest BCUT2D eigenvalue weighted by Gasteiger charge is -2.27. The number of benzene rings is 1. The van der Waals surface area contributed by atoms with Gasteiger partial charge in [-0.2, -0.15) is 0 Å². The van der Waals surface area contributed by atoms with Crippen molar-refractivity contribution in [3.8, 4) is 5.75 Å². The monoisotopic (exact) mass is 367 g/mol. The maximum absolute atomic E-state index is 12.8. The Labute approximate surface area is 159 Å². The number of methoxy groups -OCH3 is 1. The fraction of sp³-hybridized carbons (Fsp3) is 0.381. The minimum atomic E-state index is -0.394. The first-order chi connectivity index (χ1) is 13.1. The smallest absolute Gasteiger partial charge is 0.226 e. The van der Waals surface area contributed by atoms with Gasteiger partial charge < -0.3 is 15.0 Å². The lowest BCUT2D eigenvalue weighted by molar-refractivity contribution is -0.129. The molecule has 1 N–H and O–H groups in total. The van der Waals surface area contributed by atoms with E-state index in [9.17, 15) is 9.59 Å². The van der Waals surface area contributed by atoms with Crippen LogP contribution in [0.5, 0.6) is 5.75 Å². The molecule has 6 nitrogen and oxygen atoms in total. The van der Waals surface area contributed by atoms with E-state index in [4.69, 9.17) is 4.74 Å². The van der Waals surface area contributed by atoms with Crippen molar-refractivity contribution in [3.63, 3.8) is 0 Å². The van der Waals surface area contributed by atoms with Crippen molar-refractivity contribution < 1.29 is 14.3 Å². The van der Waals surface area contributed by atoms with E-state index in [1.165, 1.54) is 0 Å². The van der Waals surface area contributed by atoms with E-state index in [0.717, 1.165) is 17.0 Å². The summed E-state index contributed by atoms with van der Waals surface area (Å²) in [6, 6.07) is 13.1. The molecule has 6 heteroatoms. The number of rotatable bonds is 7. The summed E-state index contributed by atoms with van der Waals surface area (Å²) < 4.78 is 5.21. The highest BCUT2D eigenvalue weighted by Gasteiger charge is 2.43. The van der Waals surface area contributed by atoms with Crippen LogP contribution in [0.3, 0.4) is 0 Å². The summed E-state index contributed by atoms with van der Waals surface area (Å²) in [7, 11) is 1.62. The molecule has 2 aromatic rings. The van der Waals surface area contributed by atoms with E-state index in [0.29, 0.717) is 19.5 Å². The van der Waals surface area contributed by atoms with Gasteiger partial charge in [-0.15, -0.1) is 0 Å². The number of aromatic nitrogens is 1. The minimum absolute atomic E-state index is 0.0168. The van der Waals surface area contributed by atoms with Crippen LogP contribution in [0.15, 0.2) is 48.7 Å². The molecule has 0 unspecified atom stereocenters. The van der Waals surface area contributed by atoms with Crippen LogP contribution in [-0.4, -0.2) is 41.9 Å². The van der Waals surface area contributed by atoms with Crippen LogP contribution in [-0.2, 0) is 16.0 Å². The lowest BCUT2D eigenvalue weighted by Crippen LogP contribution is -2.36. The Hall–Kier alpha value is -2.89. The van der Waals surface area contributed by atoms with Crippen molar-refractivity contribution in [1.29, 1.82) is 0 Å². The molecule has 142 valence electrons. The molecule has 2 atom stereocenters. The number of nitrogens with one attached hydrogen (secondary N) is 1. The summed E-state index contributed by atoms with van der Waals surface area (Å²) in [5, 5.41) is 2.98. The van der Waals surface area contributed by atoms with Gasteiger partial charge in [-0.25, -0.2) is 0 Å². The number of ether oxygens (including phenoxy) is 1. The van der Waals surface area contributed by atoms with Crippen molar-refractivity contribution >= 4 is 11.8 Å². The van der Waals surface area contributed by atoms with Gasteiger partial charge in [0.1, 0.15) is 5.75 Å². The topological polar surface area (TPSA) is 71.5 Å². The SMILES string of the molecule is CCN1C(=O)C[C@@H](C(=O)NCCc2ccccn2)[C@@H]1c1ccc(OC)cc1. The summed E-state index contributed by atoms with van der Waals surface area (Å²) >= 11 is 0. The zero-order chi connectivity index (χ0) is 19.2. The molecule has 2 heterocycles. The highest BCUT2D eigenvalue weighted by molar-refractivity contribution is 5.90. The van der Waals surface area contributed by atoms with Crippen LogP contribution in [0.2, 0.25) is 0 Å². The Bertz CT molecular complexity index is 777. The van der Waals surface area contributed by atoms with Crippen molar-refractivity contribution in [2.45, 2.75) is 25.8 Å².